The third-order valence-electron chi connectivity index (χ3n) is 0. The second-order valence-electron chi connectivity index (χ2n) is 0. The molecule has 5 heteroatoms. The standard InChI is InChI=1S/3I.2Rh. The van der Waals surface area contributed by atoms with Gasteiger partial charge in [0.15, 0.2) is 0 Å². The SMILES string of the molecule is [I].[I].[I].[Rh].[Rh]. The molecule has 0 bridgehead atoms. The Hall–Kier alpha value is 3.44. The third kappa shape index (κ3) is 18.6. The Morgan fingerprint density at radius 2 is 0.400 bits per heavy atom. The van der Waals surface area contributed by atoms with Crippen molar-refractivity contribution >= 4 is 71.9 Å². The smallest absolute Gasteiger partial charge is 0 e. The predicted octanol–water partition coefficient (Wildman–Crippen LogP) is 2.65. The van der Waals surface area contributed by atoms with Gasteiger partial charge in [0.1, 0.15) is 0 Å². The molecule has 0 rings (SSSR count). The third-order valence-corrected chi connectivity index (χ3v) is 0. The summed E-state index contributed by atoms with van der Waals surface area (Å²) in [5.74, 6) is 0. The van der Waals surface area contributed by atoms with Crippen LogP contribution in [0.5, 0.6) is 0 Å². The largest absolute Gasteiger partial charge is 0 e. The van der Waals surface area contributed by atoms with Crippen LogP contribution in [0.4, 0.5) is 0 Å². The molecular weight excluding hydrogens is 587 g/mol. The van der Waals surface area contributed by atoms with Gasteiger partial charge in [-0.3, -0.25) is 0 Å². The molecule has 5 heavy (non-hydrogen) atoms. The summed E-state index contributed by atoms with van der Waals surface area (Å²) >= 11 is 0. The predicted molar refractivity (Wildman–Crippen MR) is 42.1 cm³/mol. The minimum Gasteiger partial charge on any atom is 0 e. The zero-order chi connectivity index (χ0) is 0. The van der Waals surface area contributed by atoms with Crippen molar-refractivity contribution in [2.75, 3.05) is 0 Å². The zero-order valence-corrected chi connectivity index (χ0v) is 11.6. The van der Waals surface area contributed by atoms with Crippen molar-refractivity contribution in [2.45, 2.75) is 0 Å². The first-order chi connectivity index (χ1) is 0. The molecule has 0 aliphatic rings. The topological polar surface area (TPSA) is 0 Å². The van der Waals surface area contributed by atoms with Crippen LogP contribution in [-0.2, 0) is 39.0 Å². The fourth-order valence-electron chi connectivity index (χ4n) is 0. The normalized spacial score (nSPS) is 0. The van der Waals surface area contributed by atoms with Crippen molar-refractivity contribution in [2.24, 2.45) is 0 Å². The van der Waals surface area contributed by atoms with Crippen molar-refractivity contribution < 1.29 is 39.0 Å². The second kappa shape index (κ2) is 26.1. The Kier molecular flexibility index (Phi) is 206. The minimum atomic E-state index is 0. The van der Waals surface area contributed by atoms with Crippen LogP contribution < -0.4 is 0 Å². The molecule has 0 aliphatic carbocycles. The maximum atomic E-state index is 0. The fraction of sp³-hybridized carbons (Fsp3) is 0. The van der Waals surface area contributed by atoms with Crippen molar-refractivity contribution in [3.8, 4) is 0 Å². The van der Waals surface area contributed by atoms with E-state index in [0.29, 0.717) is 0 Å². The van der Waals surface area contributed by atoms with Gasteiger partial charge in [0.2, 0.25) is 0 Å². The van der Waals surface area contributed by atoms with Crippen molar-refractivity contribution in [1.29, 1.82) is 0 Å². The van der Waals surface area contributed by atoms with E-state index in [9.17, 15) is 0 Å². The molecular formula is I3Rh2. The zero-order valence-electron chi connectivity index (χ0n) is 1.80. The average molecular weight is 587 g/mol. The Morgan fingerprint density at radius 3 is 0.400 bits per heavy atom. The van der Waals surface area contributed by atoms with Crippen molar-refractivity contribution in [3.05, 3.63) is 0 Å². The maximum Gasteiger partial charge on any atom is 0 e. The first-order valence-electron chi connectivity index (χ1n) is 0. The van der Waals surface area contributed by atoms with Gasteiger partial charge in [0.25, 0.3) is 0 Å². The Morgan fingerprint density at radius 1 is 0.400 bits per heavy atom. The van der Waals surface area contributed by atoms with Gasteiger partial charge in [0, 0.05) is 111 Å². The van der Waals surface area contributed by atoms with Gasteiger partial charge in [-0.05, 0) is 0 Å². The van der Waals surface area contributed by atoms with Crippen LogP contribution in [0.15, 0.2) is 0 Å². The monoisotopic (exact) mass is 587 g/mol. The molecule has 0 fully saturated rings. The molecule has 0 heterocycles. The fourth-order valence-corrected chi connectivity index (χ4v) is 0. The Bertz CT molecular complexity index is 4.85. The van der Waals surface area contributed by atoms with E-state index in [1.54, 1.807) is 0 Å². The van der Waals surface area contributed by atoms with Crippen LogP contribution in [0.2, 0.25) is 0 Å². The second-order valence-corrected chi connectivity index (χ2v) is 0. The van der Waals surface area contributed by atoms with E-state index < -0.39 is 0 Å². The van der Waals surface area contributed by atoms with Crippen LogP contribution in [-0.4, -0.2) is 0 Å². The summed E-state index contributed by atoms with van der Waals surface area (Å²) in [6.07, 6.45) is 0. The maximum absolute atomic E-state index is 0. The van der Waals surface area contributed by atoms with E-state index in [1.165, 1.54) is 0 Å². The van der Waals surface area contributed by atoms with Gasteiger partial charge in [0.05, 0.1) is 0 Å². The van der Waals surface area contributed by atoms with Gasteiger partial charge < -0.3 is 0 Å². The number of hydrogen-bond donors (Lipinski definition) is 0. The van der Waals surface area contributed by atoms with Crippen molar-refractivity contribution in [1.82, 2.24) is 0 Å². The Labute approximate surface area is 109 Å². The molecule has 0 N–H and O–H groups in total. The molecule has 0 aromatic heterocycles. The van der Waals surface area contributed by atoms with E-state index in [4.69, 9.17) is 0 Å². The van der Waals surface area contributed by atoms with E-state index in [2.05, 4.69) is 0 Å². The number of halogens is 3. The molecule has 0 aromatic rings. The van der Waals surface area contributed by atoms with Gasteiger partial charge in [-0.25, -0.2) is 0 Å². The van der Waals surface area contributed by atoms with E-state index in [1.807, 2.05) is 0 Å². The number of rotatable bonds is 0. The summed E-state index contributed by atoms with van der Waals surface area (Å²) < 4.78 is 0. The first kappa shape index (κ1) is 39.5. The quantitative estimate of drug-likeness (QED) is 0.303. The molecule has 0 saturated carbocycles. The van der Waals surface area contributed by atoms with Gasteiger partial charge in [-0.1, -0.05) is 0 Å². The van der Waals surface area contributed by atoms with Crippen LogP contribution in [0.3, 0.4) is 0 Å². The summed E-state index contributed by atoms with van der Waals surface area (Å²) in [5.41, 5.74) is 0. The molecule has 39 valence electrons. The minimum absolute atomic E-state index is 0. The van der Waals surface area contributed by atoms with Crippen LogP contribution in [0.1, 0.15) is 0 Å². The average Bonchev–Trinajstić information content (AvgIpc) is 0. The van der Waals surface area contributed by atoms with Crippen LogP contribution >= 0.6 is 71.9 Å². The first-order valence-corrected chi connectivity index (χ1v) is 0. The van der Waals surface area contributed by atoms with Crippen LogP contribution in [0.25, 0.3) is 0 Å². The van der Waals surface area contributed by atoms with E-state index in [-0.39, 0.29) is 111 Å². The van der Waals surface area contributed by atoms with E-state index >= 15 is 0 Å². The summed E-state index contributed by atoms with van der Waals surface area (Å²) in [6.45, 7) is 0. The molecule has 0 amide bonds. The number of hydrogen-bond acceptors (Lipinski definition) is 0. The summed E-state index contributed by atoms with van der Waals surface area (Å²) in [7, 11) is 0. The van der Waals surface area contributed by atoms with Crippen molar-refractivity contribution in [3.63, 3.8) is 0 Å². The molecule has 0 atom stereocenters. The summed E-state index contributed by atoms with van der Waals surface area (Å²) in [4.78, 5) is 0. The van der Waals surface area contributed by atoms with Gasteiger partial charge in [-0.15, -0.1) is 0 Å². The molecule has 0 saturated heterocycles. The molecule has 5 radical (unpaired) electrons. The van der Waals surface area contributed by atoms with Gasteiger partial charge in [-0.2, -0.15) is 0 Å². The molecule has 0 spiro atoms. The summed E-state index contributed by atoms with van der Waals surface area (Å²) in [5, 5.41) is 0. The Balaban J connectivity index is 0. The summed E-state index contributed by atoms with van der Waals surface area (Å²) in [6, 6.07) is 0. The van der Waals surface area contributed by atoms with Crippen LogP contribution in [0, 0.1) is 0 Å². The molecule has 0 aliphatic heterocycles. The molecule has 0 nitrogen and oxygen atoms in total. The van der Waals surface area contributed by atoms with E-state index in [0.717, 1.165) is 0 Å². The molecule has 0 aromatic carbocycles. The molecule has 0 unspecified atom stereocenters. The van der Waals surface area contributed by atoms with Gasteiger partial charge >= 0.3 is 0 Å².